The lowest BCUT2D eigenvalue weighted by atomic mass is 10.2. The van der Waals surface area contributed by atoms with Gasteiger partial charge in [-0.25, -0.2) is 0 Å². The standard InChI is InChI=1S/C12H23N3O/c1-12(2)8-10(12)13-9-11(16)15-6-4-14(3)5-7-15/h10,13H,4-9H2,1-3H3. The molecule has 0 aromatic carbocycles. The molecule has 2 aliphatic rings. The van der Waals surface area contributed by atoms with E-state index in [1.54, 1.807) is 0 Å². The maximum Gasteiger partial charge on any atom is 0.236 e. The highest BCUT2D eigenvalue weighted by Gasteiger charge is 2.45. The van der Waals surface area contributed by atoms with Crippen LogP contribution in [0.25, 0.3) is 0 Å². The van der Waals surface area contributed by atoms with Crippen LogP contribution in [0.2, 0.25) is 0 Å². The van der Waals surface area contributed by atoms with Gasteiger partial charge in [-0.05, 0) is 18.9 Å². The molecule has 0 aromatic heterocycles. The second-order valence-corrected chi connectivity index (χ2v) is 5.81. The Hall–Kier alpha value is -0.610. The summed E-state index contributed by atoms with van der Waals surface area (Å²) in [5.41, 5.74) is 0.405. The van der Waals surface area contributed by atoms with Crippen LogP contribution >= 0.6 is 0 Å². The minimum atomic E-state index is 0.260. The van der Waals surface area contributed by atoms with Crippen LogP contribution in [0.3, 0.4) is 0 Å². The molecule has 1 saturated heterocycles. The number of nitrogens with one attached hydrogen (secondary N) is 1. The first-order valence-corrected chi connectivity index (χ1v) is 6.19. The average molecular weight is 225 g/mol. The molecule has 1 heterocycles. The molecule has 1 aliphatic heterocycles. The van der Waals surface area contributed by atoms with E-state index in [-0.39, 0.29) is 5.91 Å². The third kappa shape index (κ3) is 2.74. The fourth-order valence-electron chi connectivity index (χ4n) is 2.19. The van der Waals surface area contributed by atoms with Gasteiger partial charge in [-0.15, -0.1) is 0 Å². The summed E-state index contributed by atoms with van der Waals surface area (Å²) in [5.74, 6) is 0.260. The molecule has 1 N–H and O–H groups in total. The Morgan fingerprint density at radius 3 is 2.38 bits per heavy atom. The minimum Gasteiger partial charge on any atom is -0.339 e. The molecule has 16 heavy (non-hydrogen) atoms. The van der Waals surface area contributed by atoms with Crippen molar-refractivity contribution >= 4 is 5.91 Å². The van der Waals surface area contributed by atoms with Crippen molar-refractivity contribution in [3.8, 4) is 0 Å². The second-order valence-electron chi connectivity index (χ2n) is 5.81. The van der Waals surface area contributed by atoms with Crippen LogP contribution in [0.1, 0.15) is 20.3 Å². The second kappa shape index (κ2) is 4.34. The third-order valence-electron chi connectivity index (χ3n) is 3.87. The van der Waals surface area contributed by atoms with Gasteiger partial charge in [-0.1, -0.05) is 13.8 Å². The van der Waals surface area contributed by atoms with Crippen LogP contribution in [0.5, 0.6) is 0 Å². The number of hydrogen-bond acceptors (Lipinski definition) is 3. The van der Waals surface area contributed by atoms with Gasteiger partial charge in [0.05, 0.1) is 6.54 Å². The van der Waals surface area contributed by atoms with Crippen LogP contribution < -0.4 is 5.32 Å². The number of likely N-dealkylation sites (N-methyl/N-ethyl adjacent to an activating group) is 1. The normalized spacial score (nSPS) is 29.2. The van der Waals surface area contributed by atoms with Crippen LogP contribution in [-0.2, 0) is 4.79 Å². The molecule has 0 aromatic rings. The topological polar surface area (TPSA) is 35.6 Å². The number of nitrogens with zero attached hydrogens (tertiary/aromatic N) is 2. The lowest BCUT2D eigenvalue weighted by Crippen LogP contribution is -2.49. The molecule has 0 spiro atoms. The molecule has 1 saturated carbocycles. The molecule has 2 rings (SSSR count). The highest BCUT2D eigenvalue weighted by Crippen LogP contribution is 2.44. The Morgan fingerprint density at radius 1 is 1.31 bits per heavy atom. The zero-order valence-electron chi connectivity index (χ0n) is 10.6. The first-order valence-electron chi connectivity index (χ1n) is 6.19. The van der Waals surface area contributed by atoms with E-state index in [4.69, 9.17) is 0 Å². The van der Waals surface area contributed by atoms with E-state index < -0.39 is 0 Å². The zero-order chi connectivity index (χ0) is 11.8. The summed E-state index contributed by atoms with van der Waals surface area (Å²) in [6.07, 6.45) is 1.20. The Morgan fingerprint density at radius 2 is 1.88 bits per heavy atom. The monoisotopic (exact) mass is 225 g/mol. The first-order chi connectivity index (χ1) is 7.49. The van der Waals surface area contributed by atoms with Crippen LogP contribution in [0.4, 0.5) is 0 Å². The van der Waals surface area contributed by atoms with Gasteiger partial charge >= 0.3 is 0 Å². The molecule has 0 bridgehead atoms. The number of rotatable bonds is 3. The SMILES string of the molecule is CN1CCN(C(=O)CNC2CC2(C)C)CC1. The number of piperazine rings is 1. The van der Waals surface area contributed by atoms with E-state index in [1.165, 1.54) is 6.42 Å². The quantitative estimate of drug-likeness (QED) is 0.742. The molecule has 1 atom stereocenters. The van der Waals surface area contributed by atoms with Gasteiger partial charge in [0.1, 0.15) is 0 Å². The Kier molecular flexibility index (Phi) is 3.22. The summed E-state index contributed by atoms with van der Waals surface area (Å²) in [7, 11) is 2.10. The number of carbonyl (C=O) groups is 1. The summed E-state index contributed by atoms with van der Waals surface area (Å²) in [6, 6.07) is 0.545. The molecule has 1 unspecified atom stereocenters. The average Bonchev–Trinajstić information content (AvgIpc) is 2.84. The van der Waals surface area contributed by atoms with E-state index >= 15 is 0 Å². The van der Waals surface area contributed by atoms with Gasteiger partial charge < -0.3 is 15.1 Å². The van der Waals surface area contributed by atoms with E-state index in [2.05, 4.69) is 31.1 Å². The van der Waals surface area contributed by atoms with Crippen LogP contribution in [0.15, 0.2) is 0 Å². The summed E-state index contributed by atoms with van der Waals surface area (Å²) in [6.45, 7) is 8.76. The Bertz CT molecular complexity index is 269. The van der Waals surface area contributed by atoms with Crippen LogP contribution in [0, 0.1) is 5.41 Å². The fraction of sp³-hybridized carbons (Fsp3) is 0.917. The van der Waals surface area contributed by atoms with E-state index in [1.807, 2.05) is 4.90 Å². The zero-order valence-corrected chi connectivity index (χ0v) is 10.6. The summed E-state index contributed by atoms with van der Waals surface area (Å²) in [5, 5.41) is 3.35. The molecule has 1 aliphatic carbocycles. The first kappa shape index (κ1) is 11.9. The minimum absolute atomic E-state index is 0.260. The van der Waals surface area contributed by atoms with Gasteiger partial charge in [0.2, 0.25) is 5.91 Å². The largest absolute Gasteiger partial charge is 0.339 e. The number of hydrogen-bond donors (Lipinski definition) is 1. The summed E-state index contributed by atoms with van der Waals surface area (Å²) < 4.78 is 0. The van der Waals surface area contributed by atoms with Gasteiger partial charge in [-0.3, -0.25) is 4.79 Å². The lowest BCUT2D eigenvalue weighted by molar-refractivity contribution is -0.131. The lowest BCUT2D eigenvalue weighted by Gasteiger charge is -2.32. The van der Waals surface area contributed by atoms with Gasteiger partial charge in [0.25, 0.3) is 0 Å². The van der Waals surface area contributed by atoms with Crippen LogP contribution in [-0.4, -0.2) is 61.5 Å². The van der Waals surface area contributed by atoms with Crippen molar-refractivity contribution in [2.75, 3.05) is 39.8 Å². The van der Waals surface area contributed by atoms with Gasteiger partial charge in [-0.2, -0.15) is 0 Å². The smallest absolute Gasteiger partial charge is 0.236 e. The molecular weight excluding hydrogens is 202 g/mol. The van der Waals surface area contributed by atoms with Crippen molar-refractivity contribution in [1.29, 1.82) is 0 Å². The third-order valence-corrected chi connectivity index (χ3v) is 3.87. The molecule has 92 valence electrons. The highest BCUT2D eigenvalue weighted by atomic mass is 16.2. The Labute approximate surface area is 98.0 Å². The molecule has 4 nitrogen and oxygen atoms in total. The fourth-order valence-corrected chi connectivity index (χ4v) is 2.19. The molecule has 2 fully saturated rings. The van der Waals surface area contributed by atoms with Crippen molar-refractivity contribution in [1.82, 2.24) is 15.1 Å². The predicted octanol–water partition coefficient (Wildman–Crippen LogP) is 0.149. The van der Waals surface area contributed by atoms with E-state index in [0.717, 1.165) is 26.2 Å². The number of amides is 1. The van der Waals surface area contributed by atoms with E-state index in [9.17, 15) is 4.79 Å². The molecular formula is C12H23N3O. The predicted molar refractivity (Wildman–Crippen MR) is 64.3 cm³/mol. The van der Waals surface area contributed by atoms with Crippen molar-refractivity contribution in [3.63, 3.8) is 0 Å². The maximum absolute atomic E-state index is 11.9. The van der Waals surface area contributed by atoms with Gasteiger partial charge in [0.15, 0.2) is 0 Å². The van der Waals surface area contributed by atoms with Crippen molar-refractivity contribution in [2.24, 2.45) is 5.41 Å². The van der Waals surface area contributed by atoms with Gasteiger partial charge in [0, 0.05) is 32.2 Å². The molecule has 0 radical (unpaired) electrons. The molecule has 4 heteroatoms. The Balaban J connectivity index is 1.68. The van der Waals surface area contributed by atoms with Crippen molar-refractivity contribution in [3.05, 3.63) is 0 Å². The van der Waals surface area contributed by atoms with E-state index in [0.29, 0.717) is 18.0 Å². The van der Waals surface area contributed by atoms with Crippen molar-refractivity contribution < 1.29 is 4.79 Å². The summed E-state index contributed by atoms with van der Waals surface area (Å²) >= 11 is 0. The summed E-state index contributed by atoms with van der Waals surface area (Å²) in [4.78, 5) is 16.1. The van der Waals surface area contributed by atoms with Crippen molar-refractivity contribution in [2.45, 2.75) is 26.3 Å². The molecule has 1 amide bonds. The highest BCUT2D eigenvalue weighted by molar-refractivity contribution is 5.78. The number of carbonyl (C=O) groups excluding carboxylic acids is 1. The maximum atomic E-state index is 11.9.